The van der Waals surface area contributed by atoms with Crippen LogP contribution >= 0.6 is 0 Å². The summed E-state index contributed by atoms with van der Waals surface area (Å²) >= 11 is 0. The van der Waals surface area contributed by atoms with Crippen LogP contribution in [0, 0.1) is 6.92 Å². The zero-order valence-corrected chi connectivity index (χ0v) is 9.61. The second-order valence-electron chi connectivity index (χ2n) is 4.31. The predicted molar refractivity (Wildman–Crippen MR) is 65.1 cm³/mol. The summed E-state index contributed by atoms with van der Waals surface area (Å²) in [6.45, 7) is 2.01. The SMILES string of the molecule is Cc1cncc(C(=NC2CCCC2)NN)c1. The van der Waals surface area contributed by atoms with Crippen molar-refractivity contribution in [2.24, 2.45) is 10.8 Å². The molecule has 0 unspecified atom stereocenters. The van der Waals surface area contributed by atoms with Gasteiger partial charge in [-0.05, 0) is 31.4 Å². The molecule has 2 rings (SSSR count). The van der Waals surface area contributed by atoms with Gasteiger partial charge in [-0.25, -0.2) is 5.84 Å². The predicted octanol–water partition coefficient (Wildman–Crippen LogP) is 1.54. The second kappa shape index (κ2) is 5.07. The van der Waals surface area contributed by atoms with E-state index in [1.165, 1.54) is 25.7 Å². The highest BCUT2D eigenvalue weighted by molar-refractivity contribution is 5.98. The Morgan fingerprint density at radius 3 is 2.81 bits per heavy atom. The summed E-state index contributed by atoms with van der Waals surface area (Å²) in [6.07, 6.45) is 8.51. The molecule has 1 fully saturated rings. The second-order valence-corrected chi connectivity index (χ2v) is 4.31. The number of nitrogens with two attached hydrogens (primary N) is 1. The quantitative estimate of drug-likeness (QED) is 0.342. The van der Waals surface area contributed by atoms with Gasteiger partial charge in [-0.2, -0.15) is 0 Å². The summed E-state index contributed by atoms with van der Waals surface area (Å²) in [4.78, 5) is 8.80. The van der Waals surface area contributed by atoms with Crippen molar-refractivity contribution in [3.63, 3.8) is 0 Å². The molecule has 16 heavy (non-hydrogen) atoms. The average molecular weight is 218 g/mol. The fraction of sp³-hybridized carbons (Fsp3) is 0.500. The number of hydrogen-bond donors (Lipinski definition) is 2. The largest absolute Gasteiger partial charge is 0.308 e. The fourth-order valence-electron chi connectivity index (χ4n) is 2.10. The Bertz CT molecular complexity index is 380. The van der Waals surface area contributed by atoms with Crippen LogP contribution in [0.5, 0.6) is 0 Å². The van der Waals surface area contributed by atoms with Crippen LogP contribution in [0.25, 0.3) is 0 Å². The van der Waals surface area contributed by atoms with Crippen LogP contribution in [0.15, 0.2) is 23.5 Å². The van der Waals surface area contributed by atoms with E-state index in [4.69, 9.17) is 5.84 Å². The van der Waals surface area contributed by atoms with E-state index in [1.54, 1.807) is 6.20 Å². The highest BCUT2D eigenvalue weighted by Gasteiger charge is 2.15. The first kappa shape index (κ1) is 11.1. The molecule has 0 amide bonds. The molecule has 1 aliphatic rings. The third-order valence-electron chi connectivity index (χ3n) is 2.92. The fourth-order valence-corrected chi connectivity index (χ4v) is 2.10. The van der Waals surface area contributed by atoms with Crippen LogP contribution in [-0.4, -0.2) is 16.9 Å². The van der Waals surface area contributed by atoms with Gasteiger partial charge in [0.15, 0.2) is 0 Å². The number of amidine groups is 1. The van der Waals surface area contributed by atoms with Crippen LogP contribution < -0.4 is 11.3 Å². The number of hydrogen-bond acceptors (Lipinski definition) is 3. The summed E-state index contributed by atoms with van der Waals surface area (Å²) in [6, 6.07) is 2.47. The van der Waals surface area contributed by atoms with Gasteiger partial charge < -0.3 is 5.43 Å². The van der Waals surface area contributed by atoms with Gasteiger partial charge in [0.05, 0.1) is 6.04 Å². The molecule has 1 aliphatic carbocycles. The van der Waals surface area contributed by atoms with E-state index in [9.17, 15) is 0 Å². The molecular weight excluding hydrogens is 200 g/mol. The van der Waals surface area contributed by atoms with E-state index < -0.39 is 0 Å². The minimum absolute atomic E-state index is 0.423. The van der Waals surface area contributed by atoms with Crippen molar-refractivity contribution in [1.29, 1.82) is 0 Å². The maximum atomic E-state index is 5.52. The molecular formula is C12H18N4. The lowest BCUT2D eigenvalue weighted by atomic mass is 10.2. The number of pyridine rings is 1. The topological polar surface area (TPSA) is 63.3 Å². The van der Waals surface area contributed by atoms with Crippen molar-refractivity contribution in [3.05, 3.63) is 29.6 Å². The van der Waals surface area contributed by atoms with Crippen molar-refractivity contribution in [3.8, 4) is 0 Å². The maximum absolute atomic E-state index is 5.52. The lowest BCUT2D eigenvalue weighted by molar-refractivity contribution is 0.700. The van der Waals surface area contributed by atoms with Gasteiger partial charge in [0.25, 0.3) is 0 Å². The lowest BCUT2D eigenvalue weighted by Gasteiger charge is -2.09. The summed E-state index contributed by atoms with van der Waals surface area (Å²) in [5.74, 6) is 6.28. The Kier molecular flexibility index (Phi) is 3.51. The number of nitrogens with one attached hydrogen (secondary N) is 1. The van der Waals surface area contributed by atoms with E-state index in [2.05, 4.69) is 15.4 Å². The van der Waals surface area contributed by atoms with Crippen LogP contribution in [-0.2, 0) is 0 Å². The zero-order chi connectivity index (χ0) is 11.4. The van der Waals surface area contributed by atoms with Crippen molar-refractivity contribution in [2.75, 3.05) is 0 Å². The van der Waals surface area contributed by atoms with Crippen molar-refractivity contribution >= 4 is 5.84 Å². The highest BCUT2D eigenvalue weighted by atomic mass is 15.3. The smallest absolute Gasteiger partial charge is 0.144 e. The summed E-state index contributed by atoms with van der Waals surface area (Å²) < 4.78 is 0. The molecule has 3 N–H and O–H groups in total. The number of aromatic nitrogens is 1. The molecule has 0 bridgehead atoms. The monoisotopic (exact) mass is 218 g/mol. The summed E-state index contributed by atoms with van der Waals surface area (Å²) in [7, 11) is 0. The van der Waals surface area contributed by atoms with Gasteiger partial charge in [-0.15, -0.1) is 0 Å². The number of hydrazine groups is 1. The van der Waals surface area contributed by atoms with Gasteiger partial charge >= 0.3 is 0 Å². The number of rotatable bonds is 2. The minimum atomic E-state index is 0.423. The molecule has 4 nitrogen and oxygen atoms in total. The highest BCUT2D eigenvalue weighted by Crippen LogP contribution is 2.21. The molecule has 0 aromatic carbocycles. The first-order valence-electron chi connectivity index (χ1n) is 5.76. The van der Waals surface area contributed by atoms with Crippen LogP contribution in [0.3, 0.4) is 0 Å². The van der Waals surface area contributed by atoms with Crippen LogP contribution in [0.4, 0.5) is 0 Å². The van der Waals surface area contributed by atoms with E-state index in [-0.39, 0.29) is 0 Å². The maximum Gasteiger partial charge on any atom is 0.144 e. The van der Waals surface area contributed by atoms with E-state index >= 15 is 0 Å². The Morgan fingerprint density at radius 2 is 2.19 bits per heavy atom. The molecule has 86 valence electrons. The first-order chi connectivity index (χ1) is 7.79. The van der Waals surface area contributed by atoms with E-state index in [0.29, 0.717) is 6.04 Å². The van der Waals surface area contributed by atoms with Gasteiger partial charge in [0.2, 0.25) is 0 Å². The Morgan fingerprint density at radius 1 is 1.44 bits per heavy atom. The third-order valence-corrected chi connectivity index (χ3v) is 2.92. The Balaban J connectivity index is 2.21. The third kappa shape index (κ3) is 2.58. The average Bonchev–Trinajstić information content (AvgIpc) is 2.78. The van der Waals surface area contributed by atoms with Crippen LogP contribution in [0.1, 0.15) is 36.8 Å². The zero-order valence-electron chi connectivity index (χ0n) is 9.61. The van der Waals surface area contributed by atoms with Gasteiger partial charge in [-0.3, -0.25) is 9.98 Å². The lowest BCUT2D eigenvalue weighted by Crippen LogP contribution is -2.32. The van der Waals surface area contributed by atoms with E-state index in [0.717, 1.165) is 17.0 Å². The number of nitrogens with zero attached hydrogens (tertiary/aromatic N) is 2. The molecule has 0 radical (unpaired) electrons. The van der Waals surface area contributed by atoms with Crippen molar-refractivity contribution < 1.29 is 0 Å². The number of aryl methyl sites for hydroxylation is 1. The number of aliphatic imine (C=N–C) groups is 1. The van der Waals surface area contributed by atoms with Crippen molar-refractivity contribution in [1.82, 2.24) is 10.4 Å². The van der Waals surface area contributed by atoms with Crippen molar-refractivity contribution in [2.45, 2.75) is 38.6 Å². The van der Waals surface area contributed by atoms with Gasteiger partial charge in [0.1, 0.15) is 5.84 Å². The normalized spacial score (nSPS) is 17.8. The molecule has 1 aromatic rings. The Labute approximate surface area is 96.0 Å². The molecule has 1 aromatic heterocycles. The summed E-state index contributed by atoms with van der Waals surface area (Å²) in [5, 5.41) is 0. The summed E-state index contributed by atoms with van der Waals surface area (Å²) in [5.41, 5.74) is 4.77. The molecule has 0 atom stereocenters. The van der Waals surface area contributed by atoms with Gasteiger partial charge in [-0.1, -0.05) is 12.8 Å². The molecule has 0 aliphatic heterocycles. The minimum Gasteiger partial charge on any atom is -0.308 e. The molecule has 1 heterocycles. The Hall–Kier alpha value is -1.42. The van der Waals surface area contributed by atoms with E-state index in [1.807, 2.05) is 19.2 Å². The first-order valence-corrected chi connectivity index (χ1v) is 5.76. The molecule has 4 heteroatoms. The molecule has 0 saturated heterocycles. The van der Waals surface area contributed by atoms with Gasteiger partial charge in [0, 0.05) is 18.0 Å². The standard InChI is InChI=1S/C12H18N4/c1-9-6-10(8-14-7-9)12(16-13)15-11-4-2-3-5-11/h6-8,11H,2-5,13H2,1H3,(H,15,16). The van der Waals surface area contributed by atoms with Crippen LogP contribution in [0.2, 0.25) is 0 Å². The molecule has 0 spiro atoms. The molecule has 1 saturated carbocycles.